The van der Waals surface area contributed by atoms with Crippen LogP contribution in [0.4, 0.5) is 11.4 Å². The van der Waals surface area contributed by atoms with E-state index in [-0.39, 0.29) is 6.23 Å². The number of ether oxygens (including phenoxy) is 1. The summed E-state index contributed by atoms with van der Waals surface area (Å²) in [5.41, 5.74) is 7.66. The molecule has 1 aromatic rings. The van der Waals surface area contributed by atoms with Gasteiger partial charge in [-0.2, -0.15) is 0 Å². The molecule has 0 aliphatic carbocycles. The van der Waals surface area contributed by atoms with Crippen molar-refractivity contribution < 1.29 is 4.74 Å². The molecule has 1 saturated heterocycles. The predicted molar refractivity (Wildman–Crippen MR) is 71.0 cm³/mol. The summed E-state index contributed by atoms with van der Waals surface area (Å²) in [5, 5.41) is 11.1. The Bertz CT molecular complexity index is 416. The molecule has 4 nitrogen and oxygen atoms in total. The summed E-state index contributed by atoms with van der Waals surface area (Å²) in [6.07, 6.45) is 4.42. The Labute approximate surface area is 106 Å². The summed E-state index contributed by atoms with van der Waals surface area (Å²) in [5.74, 6) is 0. The van der Waals surface area contributed by atoms with Crippen molar-refractivity contribution in [1.82, 2.24) is 0 Å². The number of hydrogen-bond donors (Lipinski definition) is 3. The van der Waals surface area contributed by atoms with Gasteiger partial charge in [0.25, 0.3) is 0 Å². The number of nitrogen functional groups attached to an aromatic ring is 1. The van der Waals surface area contributed by atoms with Crippen LogP contribution in [-0.2, 0) is 4.74 Å². The molecule has 0 amide bonds. The van der Waals surface area contributed by atoms with E-state index in [0.29, 0.717) is 16.3 Å². The van der Waals surface area contributed by atoms with Gasteiger partial charge in [-0.1, -0.05) is 11.6 Å². The van der Waals surface area contributed by atoms with Crippen LogP contribution in [0.3, 0.4) is 0 Å². The molecule has 1 atom stereocenters. The molecule has 1 heterocycles. The Morgan fingerprint density at radius 2 is 2.29 bits per heavy atom. The number of nitrogens with one attached hydrogen (secondary N) is 2. The van der Waals surface area contributed by atoms with Crippen LogP contribution in [0.1, 0.15) is 24.8 Å². The van der Waals surface area contributed by atoms with E-state index >= 15 is 0 Å². The normalized spacial score (nSPS) is 19.9. The molecule has 1 fully saturated rings. The zero-order valence-corrected chi connectivity index (χ0v) is 10.3. The monoisotopic (exact) mass is 253 g/mol. The maximum atomic E-state index is 7.38. The van der Waals surface area contributed by atoms with Gasteiger partial charge in [-0.15, -0.1) is 0 Å². The van der Waals surface area contributed by atoms with Gasteiger partial charge < -0.3 is 21.2 Å². The van der Waals surface area contributed by atoms with Crippen molar-refractivity contribution in [2.45, 2.75) is 25.5 Å². The Kier molecular flexibility index (Phi) is 3.86. The van der Waals surface area contributed by atoms with Gasteiger partial charge in [0.15, 0.2) is 0 Å². The number of hydrogen-bond acceptors (Lipinski definition) is 4. The lowest BCUT2D eigenvalue weighted by Crippen LogP contribution is -2.27. The largest absolute Gasteiger partial charge is 0.399 e. The van der Waals surface area contributed by atoms with Crippen molar-refractivity contribution >= 4 is 29.2 Å². The first-order valence-electron chi connectivity index (χ1n) is 5.68. The van der Waals surface area contributed by atoms with Crippen LogP contribution in [0.15, 0.2) is 12.1 Å². The molecule has 92 valence electrons. The maximum Gasteiger partial charge on any atom is 0.127 e. The van der Waals surface area contributed by atoms with Gasteiger partial charge in [-0.3, -0.25) is 0 Å². The highest BCUT2D eigenvalue weighted by Gasteiger charge is 2.16. The van der Waals surface area contributed by atoms with Crippen molar-refractivity contribution in [3.63, 3.8) is 0 Å². The minimum absolute atomic E-state index is 0.0245. The van der Waals surface area contributed by atoms with Gasteiger partial charge in [0, 0.05) is 24.1 Å². The van der Waals surface area contributed by atoms with Crippen LogP contribution in [-0.4, -0.2) is 19.0 Å². The van der Waals surface area contributed by atoms with Gasteiger partial charge in [0.1, 0.15) is 6.23 Å². The number of nitrogens with two attached hydrogens (primary N) is 1. The first-order valence-corrected chi connectivity index (χ1v) is 6.06. The minimum Gasteiger partial charge on any atom is -0.399 e. The highest BCUT2D eigenvalue weighted by molar-refractivity contribution is 6.34. The third kappa shape index (κ3) is 2.90. The van der Waals surface area contributed by atoms with Crippen LogP contribution in [0, 0.1) is 5.41 Å². The van der Waals surface area contributed by atoms with E-state index in [9.17, 15) is 0 Å². The van der Waals surface area contributed by atoms with E-state index in [0.717, 1.165) is 31.6 Å². The van der Waals surface area contributed by atoms with Crippen LogP contribution in [0.5, 0.6) is 0 Å². The average molecular weight is 254 g/mol. The summed E-state index contributed by atoms with van der Waals surface area (Å²) < 4.78 is 5.59. The molecule has 0 saturated carbocycles. The Morgan fingerprint density at radius 3 is 2.94 bits per heavy atom. The second-order valence-electron chi connectivity index (χ2n) is 4.11. The number of rotatable bonds is 3. The predicted octanol–water partition coefficient (Wildman–Crippen LogP) is 2.86. The van der Waals surface area contributed by atoms with Gasteiger partial charge in [-0.05, 0) is 31.4 Å². The highest BCUT2D eigenvalue weighted by Crippen LogP contribution is 2.30. The first-order chi connectivity index (χ1) is 8.20. The zero-order valence-electron chi connectivity index (χ0n) is 9.50. The fourth-order valence-electron chi connectivity index (χ4n) is 1.93. The van der Waals surface area contributed by atoms with Crippen molar-refractivity contribution in [2.75, 3.05) is 17.7 Å². The van der Waals surface area contributed by atoms with Crippen molar-refractivity contribution in [1.29, 1.82) is 5.41 Å². The van der Waals surface area contributed by atoms with Gasteiger partial charge in [0.2, 0.25) is 0 Å². The molecular weight excluding hydrogens is 238 g/mol. The lowest BCUT2D eigenvalue weighted by Gasteiger charge is -2.25. The molecule has 0 spiro atoms. The molecule has 4 N–H and O–H groups in total. The van der Waals surface area contributed by atoms with E-state index < -0.39 is 0 Å². The highest BCUT2D eigenvalue weighted by atomic mass is 35.5. The number of benzene rings is 1. The summed E-state index contributed by atoms with van der Waals surface area (Å²) in [6, 6.07) is 3.41. The van der Waals surface area contributed by atoms with E-state index in [2.05, 4.69) is 5.32 Å². The second-order valence-corrected chi connectivity index (χ2v) is 4.52. The third-order valence-electron chi connectivity index (χ3n) is 2.78. The lowest BCUT2D eigenvalue weighted by molar-refractivity contribution is 0.0343. The van der Waals surface area contributed by atoms with E-state index in [1.165, 1.54) is 6.21 Å². The summed E-state index contributed by atoms with van der Waals surface area (Å²) in [4.78, 5) is 0. The third-order valence-corrected chi connectivity index (χ3v) is 3.08. The molecular formula is C12H16ClN3O. The topological polar surface area (TPSA) is 71.1 Å². The quantitative estimate of drug-likeness (QED) is 0.573. The Morgan fingerprint density at radius 1 is 1.47 bits per heavy atom. The fraction of sp³-hybridized carbons (Fsp3) is 0.417. The number of halogens is 1. The second kappa shape index (κ2) is 5.38. The maximum absolute atomic E-state index is 7.38. The molecule has 0 bridgehead atoms. The van der Waals surface area contributed by atoms with Crippen LogP contribution in [0.25, 0.3) is 0 Å². The molecule has 1 aliphatic heterocycles. The van der Waals surface area contributed by atoms with E-state index in [4.69, 9.17) is 27.5 Å². The standard InChI is InChI=1S/C12H16ClN3O/c13-10-6-9(15)5-8(7-14)12(10)16-11-3-1-2-4-17-11/h5-7,11,14,16H,1-4,15H2. The molecule has 1 aromatic carbocycles. The summed E-state index contributed by atoms with van der Waals surface area (Å²) >= 11 is 6.13. The van der Waals surface area contributed by atoms with Crippen molar-refractivity contribution in [3.05, 3.63) is 22.7 Å². The lowest BCUT2D eigenvalue weighted by atomic mass is 10.1. The first kappa shape index (κ1) is 12.2. The van der Waals surface area contributed by atoms with Crippen molar-refractivity contribution in [3.8, 4) is 0 Å². The van der Waals surface area contributed by atoms with Crippen LogP contribution >= 0.6 is 11.6 Å². The Balaban J connectivity index is 2.21. The fourth-order valence-corrected chi connectivity index (χ4v) is 2.22. The molecule has 2 rings (SSSR count). The molecule has 0 aromatic heterocycles. The molecule has 1 unspecified atom stereocenters. The summed E-state index contributed by atoms with van der Waals surface area (Å²) in [7, 11) is 0. The zero-order chi connectivity index (χ0) is 12.3. The molecule has 1 aliphatic rings. The average Bonchev–Trinajstić information content (AvgIpc) is 2.33. The molecule has 5 heteroatoms. The van der Waals surface area contributed by atoms with Gasteiger partial charge in [0.05, 0.1) is 10.7 Å². The minimum atomic E-state index is -0.0245. The smallest absolute Gasteiger partial charge is 0.127 e. The van der Waals surface area contributed by atoms with E-state index in [1.54, 1.807) is 12.1 Å². The number of anilines is 2. The molecule has 17 heavy (non-hydrogen) atoms. The van der Waals surface area contributed by atoms with Crippen molar-refractivity contribution in [2.24, 2.45) is 0 Å². The van der Waals surface area contributed by atoms with Gasteiger partial charge in [-0.25, -0.2) is 0 Å². The summed E-state index contributed by atoms with van der Waals surface area (Å²) in [6.45, 7) is 0.768. The van der Waals surface area contributed by atoms with Crippen LogP contribution < -0.4 is 11.1 Å². The van der Waals surface area contributed by atoms with Gasteiger partial charge >= 0.3 is 0 Å². The SMILES string of the molecule is N=Cc1cc(N)cc(Cl)c1NC1CCCCO1. The molecule has 0 radical (unpaired) electrons. The Hall–Kier alpha value is -1.26. The van der Waals surface area contributed by atoms with E-state index in [1.807, 2.05) is 0 Å². The van der Waals surface area contributed by atoms with Crippen LogP contribution in [0.2, 0.25) is 5.02 Å².